The maximum atomic E-state index is 13.3. The van der Waals surface area contributed by atoms with Crippen molar-refractivity contribution < 1.29 is 36.2 Å². The van der Waals surface area contributed by atoms with Gasteiger partial charge in [0.25, 0.3) is 0 Å². The summed E-state index contributed by atoms with van der Waals surface area (Å²) in [6, 6.07) is 7.68. The van der Waals surface area contributed by atoms with E-state index in [4.69, 9.17) is 0 Å². The van der Waals surface area contributed by atoms with Crippen molar-refractivity contribution >= 4 is 16.9 Å². The van der Waals surface area contributed by atoms with Crippen LogP contribution in [0.3, 0.4) is 0 Å². The fourth-order valence-electron chi connectivity index (χ4n) is 2.66. The Kier molecular flexibility index (Phi) is 4.33. The number of hydrogen-bond acceptors (Lipinski definition) is 2. The lowest BCUT2D eigenvalue weighted by atomic mass is 10.0. The summed E-state index contributed by atoms with van der Waals surface area (Å²) in [7, 11) is 0. The topological polar surface area (TPSA) is 50.2 Å². The second-order valence-electron chi connectivity index (χ2n) is 5.64. The average Bonchev–Trinajstić information content (AvgIpc) is 2.58. The van der Waals surface area contributed by atoms with Crippen LogP contribution >= 0.6 is 0 Å². The monoisotopic (exact) mass is 385 g/mol. The zero-order valence-corrected chi connectivity index (χ0v) is 13.2. The summed E-state index contributed by atoms with van der Waals surface area (Å²) in [6.07, 6.45) is -9.48. The standard InChI is InChI=1S/C18H9F6NO2/c19-17(20,21)10-4-1-3-9(7-10)14-8-12(16(26)27)11-5-2-6-13(15(11)25-14)18(22,23)24/h1-8H,(H,26,27). The number of fused-ring (bicyclic) bond motifs is 1. The van der Waals surface area contributed by atoms with Crippen LogP contribution in [0.25, 0.3) is 22.2 Å². The molecule has 0 saturated carbocycles. The Bertz CT molecular complexity index is 1040. The van der Waals surface area contributed by atoms with Crippen molar-refractivity contribution in [1.82, 2.24) is 4.98 Å². The maximum absolute atomic E-state index is 13.3. The molecule has 9 heteroatoms. The molecule has 0 atom stereocenters. The molecule has 3 aromatic rings. The van der Waals surface area contributed by atoms with Crippen LogP contribution in [0.1, 0.15) is 21.5 Å². The van der Waals surface area contributed by atoms with Crippen molar-refractivity contribution in [2.24, 2.45) is 0 Å². The molecule has 0 aliphatic heterocycles. The van der Waals surface area contributed by atoms with Crippen LogP contribution in [0.2, 0.25) is 0 Å². The van der Waals surface area contributed by atoms with Crippen LogP contribution < -0.4 is 0 Å². The number of hydrogen-bond donors (Lipinski definition) is 1. The van der Waals surface area contributed by atoms with Gasteiger partial charge in [-0.15, -0.1) is 0 Å². The van der Waals surface area contributed by atoms with Crippen LogP contribution in [0.5, 0.6) is 0 Å². The van der Waals surface area contributed by atoms with Gasteiger partial charge in [0.2, 0.25) is 0 Å². The van der Waals surface area contributed by atoms with E-state index in [-0.39, 0.29) is 16.6 Å². The lowest BCUT2D eigenvalue weighted by Gasteiger charge is -2.13. The fourth-order valence-corrected chi connectivity index (χ4v) is 2.66. The summed E-state index contributed by atoms with van der Waals surface area (Å²) in [5.74, 6) is -1.52. The lowest BCUT2D eigenvalue weighted by Crippen LogP contribution is -2.09. The minimum absolute atomic E-state index is 0.147. The van der Waals surface area contributed by atoms with Gasteiger partial charge in [-0.05, 0) is 24.3 Å². The molecular formula is C18H9F6NO2. The maximum Gasteiger partial charge on any atom is 0.418 e. The van der Waals surface area contributed by atoms with Gasteiger partial charge >= 0.3 is 18.3 Å². The highest BCUT2D eigenvalue weighted by Crippen LogP contribution is 2.37. The minimum Gasteiger partial charge on any atom is -0.478 e. The quantitative estimate of drug-likeness (QED) is 0.581. The first kappa shape index (κ1) is 18.7. The van der Waals surface area contributed by atoms with E-state index in [9.17, 15) is 36.2 Å². The van der Waals surface area contributed by atoms with Gasteiger partial charge in [-0.3, -0.25) is 0 Å². The number of aromatic nitrogens is 1. The van der Waals surface area contributed by atoms with Gasteiger partial charge in [0, 0.05) is 10.9 Å². The number of carboxylic acid groups (broad SMARTS) is 1. The second-order valence-corrected chi connectivity index (χ2v) is 5.64. The third kappa shape index (κ3) is 3.57. The summed E-state index contributed by atoms with van der Waals surface area (Å²) in [6.45, 7) is 0. The molecule has 0 unspecified atom stereocenters. The summed E-state index contributed by atoms with van der Waals surface area (Å²) in [4.78, 5) is 15.3. The highest BCUT2D eigenvalue weighted by atomic mass is 19.4. The van der Waals surface area contributed by atoms with Crippen molar-refractivity contribution in [1.29, 1.82) is 0 Å². The van der Waals surface area contributed by atoms with E-state index in [2.05, 4.69) is 4.98 Å². The highest BCUT2D eigenvalue weighted by Gasteiger charge is 2.34. The Morgan fingerprint density at radius 2 is 1.56 bits per heavy atom. The smallest absolute Gasteiger partial charge is 0.418 e. The van der Waals surface area contributed by atoms with E-state index in [1.54, 1.807) is 0 Å². The van der Waals surface area contributed by atoms with Crippen molar-refractivity contribution in [3.05, 3.63) is 65.2 Å². The number of alkyl halides is 6. The normalized spacial score (nSPS) is 12.4. The number of carboxylic acids is 1. The number of carbonyl (C=O) groups is 1. The third-order valence-corrected chi connectivity index (χ3v) is 3.86. The number of aromatic carboxylic acids is 1. The largest absolute Gasteiger partial charge is 0.478 e. The molecule has 0 spiro atoms. The number of rotatable bonds is 2. The van der Waals surface area contributed by atoms with Crippen LogP contribution in [-0.4, -0.2) is 16.1 Å². The first-order valence-corrected chi connectivity index (χ1v) is 7.40. The summed E-state index contributed by atoms with van der Waals surface area (Å²) in [5, 5.41) is 9.09. The fraction of sp³-hybridized carbons (Fsp3) is 0.111. The molecule has 0 aliphatic carbocycles. The first-order valence-electron chi connectivity index (χ1n) is 7.40. The van der Waals surface area contributed by atoms with Gasteiger partial charge in [-0.25, -0.2) is 9.78 Å². The molecule has 3 rings (SSSR count). The molecule has 0 fully saturated rings. The zero-order valence-electron chi connectivity index (χ0n) is 13.2. The van der Waals surface area contributed by atoms with Crippen LogP contribution in [0, 0.1) is 0 Å². The highest BCUT2D eigenvalue weighted by molar-refractivity contribution is 6.04. The molecular weight excluding hydrogens is 376 g/mol. The SMILES string of the molecule is O=C(O)c1cc(-c2cccc(C(F)(F)F)c2)nc2c(C(F)(F)F)cccc12. The predicted molar refractivity (Wildman–Crippen MR) is 84.1 cm³/mol. The van der Waals surface area contributed by atoms with E-state index in [0.717, 1.165) is 36.4 Å². The number of halogens is 6. The Balaban J connectivity index is 2.34. The molecule has 2 aromatic carbocycles. The molecule has 0 bridgehead atoms. The van der Waals surface area contributed by atoms with Crippen molar-refractivity contribution in [3.63, 3.8) is 0 Å². The number of nitrogens with zero attached hydrogens (tertiary/aromatic N) is 1. The molecule has 3 nitrogen and oxygen atoms in total. The molecule has 140 valence electrons. The molecule has 1 N–H and O–H groups in total. The van der Waals surface area contributed by atoms with Gasteiger partial charge in [0.15, 0.2) is 0 Å². The lowest BCUT2D eigenvalue weighted by molar-refractivity contribution is -0.138. The first-order chi connectivity index (χ1) is 12.5. The summed E-state index contributed by atoms with van der Waals surface area (Å²) < 4.78 is 78.5. The van der Waals surface area contributed by atoms with Crippen molar-refractivity contribution in [3.8, 4) is 11.3 Å². The Labute approximate surface area is 147 Å². The molecule has 1 heterocycles. The molecule has 27 heavy (non-hydrogen) atoms. The third-order valence-electron chi connectivity index (χ3n) is 3.86. The molecule has 0 saturated heterocycles. The van der Waals surface area contributed by atoms with E-state index >= 15 is 0 Å². The number of pyridine rings is 1. The van der Waals surface area contributed by atoms with E-state index in [1.165, 1.54) is 6.07 Å². The summed E-state index contributed by atoms with van der Waals surface area (Å²) >= 11 is 0. The van der Waals surface area contributed by atoms with Crippen molar-refractivity contribution in [2.45, 2.75) is 12.4 Å². The second kappa shape index (κ2) is 6.26. The minimum atomic E-state index is -4.81. The molecule has 0 aliphatic rings. The van der Waals surface area contributed by atoms with E-state index in [1.807, 2.05) is 0 Å². The van der Waals surface area contributed by atoms with Crippen LogP contribution in [0.4, 0.5) is 26.3 Å². The van der Waals surface area contributed by atoms with E-state index < -0.39 is 40.5 Å². The summed E-state index contributed by atoms with van der Waals surface area (Å²) in [5.41, 5.74) is -3.77. The Morgan fingerprint density at radius 3 is 2.15 bits per heavy atom. The van der Waals surface area contributed by atoms with Gasteiger partial charge < -0.3 is 5.11 Å². The molecule has 0 radical (unpaired) electrons. The molecule has 0 amide bonds. The molecule has 1 aromatic heterocycles. The number of benzene rings is 2. The van der Waals surface area contributed by atoms with Crippen LogP contribution in [0.15, 0.2) is 48.5 Å². The van der Waals surface area contributed by atoms with Crippen molar-refractivity contribution in [2.75, 3.05) is 0 Å². The van der Waals surface area contributed by atoms with E-state index in [0.29, 0.717) is 6.07 Å². The predicted octanol–water partition coefficient (Wildman–Crippen LogP) is 5.64. The Hall–Kier alpha value is -3.10. The van der Waals surface area contributed by atoms with Crippen LogP contribution in [-0.2, 0) is 12.4 Å². The van der Waals surface area contributed by atoms with Gasteiger partial charge in [0.05, 0.1) is 27.9 Å². The Morgan fingerprint density at radius 1 is 0.889 bits per heavy atom. The van der Waals surface area contributed by atoms with Gasteiger partial charge in [-0.1, -0.05) is 24.3 Å². The average molecular weight is 385 g/mol. The van der Waals surface area contributed by atoms with Gasteiger partial charge in [-0.2, -0.15) is 26.3 Å². The van der Waals surface area contributed by atoms with Gasteiger partial charge in [0.1, 0.15) is 0 Å². The number of para-hydroxylation sites is 1. The zero-order chi connectivity index (χ0) is 20.0.